The topological polar surface area (TPSA) is 50.2 Å². The molecule has 2 aromatic rings. The molecule has 0 unspecified atom stereocenters. The van der Waals surface area contributed by atoms with Crippen molar-refractivity contribution in [3.8, 4) is 0 Å². The van der Waals surface area contributed by atoms with Crippen molar-refractivity contribution in [2.45, 2.75) is 38.8 Å². The van der Waals surface area contributed by atoms with Crippen LogP contribution in [0.5, 0.6) is 0 Å². The molecule has 0 radical (unpaired) electrons. The highest BCUT2D eigenvalue weighted by Gasteiger charge is 2.25. The fraction of sp³-hybridized carbons (Fsp3) is 0.474. The molecule has 0 bridgehead atoms. The molecule has 1 aliphatic heterocycles. The van der Waals surface area contributed by atoms with Gasteiger partial charge in [0.25, 0.3) is 5.91 Å². The largest absolute Gasteiger partial charge is 0.336 e. The second kappa shape index (κ2) is 8.11. The summed E-state index contributed by atoms with van der Waals surface area (Å²) >= 11 is 0. The van der Waals surface area contributed by atoms with Gasteiger partial charge in [0.15, 0.2) is 0 Å². The monoisotopic (exact) mass is 326 g/mol. The van der Waals surface area contributed by atoms with E-state index in [-0.39, 0.29) is 5.91 Å². The van der Waals surface area contributed by atoms with Gasteiger partial charge in [-0.2, -0.15) is 0 Å². The summed E-state index contributed by atoms with van der Waals surface area (Å²) in [6.07, 6.45) is 8.61. The summed E-state index contributed by atoms with van der Waals surface area (Å²) in [6, 6.07) is 8.36. The zero-order valence-corrected chi connectivity index (χ0v) is 14.3. The summed E-state index contributed by atoms with van der Waals surface area (Å²) in [4.78, 5) is 19.1. The van der Waals surface area contributed by atoms with Crippen molar-refractivity contribution in [1.82, 2.24) is 19.8 Å². The lowest BCUT2D eigenvalue weighted by atomic mass is 10.0. The fourth-order valence-electron chi connectivity index (χ4n) is 3.32. The maximum atomic E-state index is 13.0. The number of nitrogens with zero attached hydrogens (tertiary/aromatic N) is 3. The Morgan fingerprint density at radius 1 is 1.29 bits per heavy atom. The van der Waals surface area contributed by atoms with E-state index in [1.54, 1.807) is 12.5 Å². The Balaban J connectivity index is 1.69. The van der Waals surface area contributed by atoms with Crippen LogP contribution in [0.3, 0.4) is 0 Å². The summed E-state index contributed by atoms with van der Waals surface area (Å²) in [6.45, 7) is 5.75. The fourth-order valence-corrected chi connectivity index (χ4v) is 3.32. The van der Waals surface area contributed by atoms with E-state index >= 15 is 0 Å². The van der Waals surface area contributed by atoms with E-state index in [2.05, 4.69) is 22.1 Å². The molecule has 1 fully saturated rings. The molecule has 0 saturated carbocycles. The first-order valence-electron chi connectivity index (χ1n) is 8.84. The van der Waals surface area contributed by atoms with E-state index in [9.17, 15) is 4.79 Å². The van der Waals surface area contributed by atoms with Crippen molar-refractivity contribution in [3.05, 3.63) is 54.1 Å². The minimum Gasteiger partial charge on any atom is -0.336 e. The normalized spacial score (nSPS) is 15.4. The Hall–Kier alpha value is -2.14. The Labute approximate surface area is 143 Å². The number of nitrogens with one attached hydrogen (secondary N) is 1. The predicted octanol–water partition coefficient (Wildman–Crippen LogP) is 2.54. The van der Waals surface area contributed by atoms with Gasteiger partial charge in [-0.05, 0) is 50.0 Å². The number of carbonyl (C=O) groups is 1. The molecule has 1 amide bonds. The van der Waals surface area contributed by atoms with Crippen molar-refractivity contribution < 1.29 is 4.79 Å². The Morgan fingerprint density at radius 2 is 2.04 bits per heavy atom. The first kappa shape index (κ1) is 16.7. The van der Waals surface area contributed by atoms with Gasteiger partial charge in [-0.25, -0.2) is 4.98 Å². The SMILES string of the molecule is CCCN(C(=O)c1ccc(Cn2ccnc2)cc1)C1CCNCC1. The lowest BCUT2D eigenvalue weighted by Gasteiger charge is -2.34. The van der Waals surface area contributed by atoms with Gasteiger partial charge in [-0.15, -0.1) is 0 Å². The third-order valence-corrected chi connectivity index (χ3v) is 4.60. The number of amides is 1. The Bertz CT molecular complexity index is 630. The molecule has 1 N–H and O–H groups in total. The third kappa shape index (κ3) is 4.03. The van der Waals surface area contributed by atoms with Crippen molar-refractivity contribution >= 4 is 5.91 Å². The zero-order chi connectivity index (χ0) is 16.8. The van der Waals surface area contributed by atoms with Crippen LogP contribution < -0.4 is 5.32 Å². The van der Waals surface area contributed by atoms with Crippen LogP contribution in [0.2, 0.25) is 0 Å². The highest BCUT2D eigenvalue weighted by molar-refractivity contribution is 5.94. The molecule has 0 atom stereocenters. The van der Waals surface area contributed by atoms with Gasteiger partial charge in [0.1, 0.15) is 0 Å². The van der Waals surface area contributed by atoms with Gasteiger partial charge in [-0.3, -0.25) is 4.79 Å². The van der Waals surface area contributed by atoms with Crippen LogP contribution in [0, 0.1) is 0 Å². The lowest BCUT2D eigenvalue weighted by Crippen LogP contribution is -2.46. The summed E-state index contributed by atoms with van der Waals surface area (Å²) < 4.78 is 2.02. The quantitative estimate of drug-likeness (QED) is 0.887. The van der Waals surface area contributed by atoms with E-state index < -0.39 is 0 Å². The molecule has 0 aliphatic carbocycles. The van der Waals surface area contributed by atoms with Gasteiger partial charge < -0.3 is 14.8 Å². The molecule has 1 aliphatic rings. The highest BCUT2D eigenvalue weighted by atomic mass is 16.2. The number of hydrogen-bond donors (Lipinski definition) is 1. The molecule has 3 rings (SSSR count). The van der Waals surface area contributed by atoms with E-state index in [0.29, 0.717) is 6.04 Å². The first-order valence-corrected chi connectivity index (χ1v) is 8.84. The Kier molecular flexibility index (Phi) is 5.64. The average Bonchev–Trinajstić information content (AvgIpc) is 3.13. The van der Waals surface area contributed by atoms with Gasteiger partial charge in [0.2, 0.25) is 0 Å². The van der Waals surface area contributed by atoms with Gasteiger partial charge in [0, 0.05) is 37.1 Å². The van der Waals surface area contributed by atoms with Crippen molar-refractivity contribution in [2.24, 2.45) is 0 Å². The van der Waals surface area contributed by atoms with Crippen LogP contribution in [-0.4, -0.2) is 46.0 Å². The van der Waals surface area contributed by atoms with Crippen molar-refractivity contribution in [1.29, 1.82) is 0 Å². The van der Waals surface area contributed by atoms with E-state index in [1.165, 1.54) is 5.56 Å². The highest BCUT2D eigenvalue weighted by Crippen LogP contribution is 2.17. The van der Waals surface area contributed by atoms with Crippen molar-refractivity contribution in [2.75, 3.05) is 19.6 Å². The van der Waals surface area contributed by atoms with E-state index in [4.69, 9.17) is 0 Å². The number of imidazole rings is 1. The van der Waals surface area contributed by atoms with E-state index in [0.717, 1.165) is 51.0 Å². The molecule has 1 saturated heterocycles. The lowest BCUT2D eigenvalue weighted by molar-refractivity contribution is 0.0642. The number of rotatable bonds is 6. The smallest absolute Gasteiger partial charge is 0.254 e. The number of hydrogen-bond acceptors (Lipinski definition) is 3. The molecule has 1 aromatic heterocycles. The second-order valence-electron chi connectivity index (χ2n) is 6.41. The molecule has 1 aromatic carbocycles. The van der Waals surface area contributed by atoms with Crippen LogP contribution in [0.15, 0.2) is 43.0 Å². The molecule has 2 heterocycles. The minimum absolute atomic E-state index is 0.165. The van der Waals surface area contributed by atoms with Gasteiger partial charge >= 0.3 is 0 Å². The maximum absolute atomic E-state index is 13.0. The van der Waals surface area contributed by atoms with Gasteiger partial charge in [-0.1, -0.05) is 19.1 Å². The van der Waals surface area contributed by atoms with Gasteiger partial charge in [0.05, 0.1) is 6.33 Å². The molecule has 5 nitrogen and oxygen atoms in total. The van der Waals surface area contributed by atoms with Crippen LogP contribution in [-0.2, 0) is 6.54 Å². The average molecular weight is 326 g/mol. The number of benzene rings is 1. The van der Waals surface area contributed by atoms with Crippen LogP contribution >= 0.6 is 0 Å². The molecule has 5 heteroatoms. The minimum atomic E-state index is 0.165. The number of carbonyl (C=O) groups excluding carboxylic acids is 1. The summed E-state index contributed by atoms with van der Waals surface area (Å²) in [5, 5.41) is 3.37. The van der Waals surface area contributed by atoms with Crippen molar-refractivity contribution in [3.63, 3.8) is 0 Å². The van der Waals surface area contributed by atoms with E-state index in [1.807, 2.05) is 35.0 Å². The predicted molar refractivity (Wildman–Crippen MR) is 95.0 cm³/mol. The number of piperidine rings is 1. The van der Waals surface area contributed by atoms with Crippen LogP contribution in [0.4, 0.5) is 0 Å². The first-order chi connectivity index (χ1) is 11.8. The molecule has 128 valence electrons. The molecular weight excluding hydrogens is 300 g/mol. The maximum Gasteiger partial charge on any atom is 0.254 e. The molecular formula is C19H26N4O. The third-order valence-electron chi connectivity index (χ3n) is 4.60. The van der Waals surface area contributed by atoms with Crippen LogP contribution in [0.1, 0.15) is 42.1 Å². The Morgan fingerprint density at radius 3 is 2.67 bits per heavy atom. The second-order valence-corrected chi connectivity index (χ2v) is 6.41. The zero-order valence-electron chi connectivity index (χ0n) is 14.3. The standard InChI is InChI=1S/C19H26N4O/c1-2-12-23(18-7-9-20-10-8-18)19(24)17-5-3-16(4-6-17)14-22-13-11-21-15-22/h3-6,11,13,15,18,20H,2,7-10,12,14H2,1H3. The summed E-state index contributed by atoms with van der Waals surface area (Å²) in [5.41, 5.74) is 1.96. The molecule has 0 spiro atoms. The molecule has 24 heavy (non-hydrogen) atoms. The van der Waals surface area contributed by atoms with Crippen LogP contribution in [0.25, 0.3) is 0 Å². The number of aromatic nitrogens is 2. The summed E-state index contributed by atoms with van der Waals surface area (Å²) in [7, 11) is 0. The summed E-state index contributed by atoms with van der Waals surface area (Å²) in [5.74, 6) is 0.165.